The molecule has 0 heterocycles. The lowest BCUT2D eigenvalue weighted by Gasteiger charge is -1.99. The Morgan fingerprint density at radius 2 is 0.962 bits per heavy atom. The van der Waals surface area contributed by atoms with E-state index in [0.717, 1.165) is 22.3 Å². The number of fused-ring (bicyclic) bond motifs is 1. The Hall–Kier alpha value is -3.33. The van der Waals surface area contributed by atoms with E-state index in [2.05, 4.69) is 0 Å². The average Bonchev–Trinajstić information content (AvgIpc) is 2.91. The number of rotatable bonds is 2. The van der Waals surface area contributed by atoms with Gasteiger partial charge in [-0.05, 0) is 58.7 Å². The minimum atomic E-state index is -0.317. The zero-order valence-electron chi connectivity index (χ0n) is 13.7. The third-order valence-electron chi connectivity index (χ3n) is 4.36. The van der Waals surface area contributed by atoms with E-state index >= 15 is 0 Å². The maximum atomic E-state index is 13.1. The van der Waals surface area contributed by atoms with Crippen molar-refractivity contribution < 1.29 is 13.6 Å². The maximum absolute atomic E-state index is 13.1. The molecule has 1 aliphatic rings. The summed E-state index contributed by atoms with van der Waals surface area (Å²) < 4.78 is 26.3. The molecule has 0 aliphatic heterocycles. The van der Waals surface area contributed by atoms with Gasteiger partial charge in [-0.1, -0.05) is 48.5 Å². The van der Waals surface area contributed by atoms with Crippen molar-refractivity contribution in [2.45, 2.75) is 0 Å². The van der Waals surface area contributed by atoms with E-state index in [1.54, 1.807) is 36.4 Å². The summed E-state index contributed by atoms with van der Waals surface area (Å²) in [6.45, 7) is 0. The van der Waals surface area contributed by atoms with Crippen LogP contribution in [0.2, 0.25) is 0 Å². The topological polar surface area (TPSA) is 17.1 Å². The lowest BCUT2D eigenvalue weighted by molar-refractivity contribution is -0.108. The lowest BCUT2D eigenvalue weighted by Crippen LogP contribution is -1.94. The van der Waals surface area contributed by atoms with Crippen molar-refractivity contribution in [3.05, 3.63) is 107 Å². The largest absolute Gasteiger partial charge is 0.289 e. The van der Waals surface area contributed by atoms with Crippen molar-refractivity contribution in [3.63, 3.8) is 0 Å². The number of allylic oxidation sites excluding steroid dienone is 2. The third-order valence-corrected chi connectivity index (χ3v) is 4.36. The molecule has 0 fully saturated rings. The fourth-order valence-electron chi connectivity index (χ4n) is 3.08. The number of ketones is 1. The van der Waals surface area contributed by atoms with Gasteiger partial charge in [0.25, 0.3) is 0 Å². The van der Waals surface area contributed by atoms with E-state index < -0.39 is 0 Å². The van der Waals surface area contributed by atoms with Crippen LogP contribution in [0.25, 0.3) is 23.3 Å². The molecule has 1 aliphatic carbocycles. The summed E-state index contributed by atoms with van der Waals surface area (Å²) in [5, 5.41) is 0. The van der Waals surface area contributed by atoms with Crippen LogP contribution in [0.15, 0.2) is 72.8 Å². The quantitative estimate of drug-likeness (QED) is 0.551. The highest BCUT2D eigenvalue weighted by Crippen LogP contribution is 2.39. The molecule has 0 spiro atoms. The smallest absolute Gasteiger partial charge is 0.194 e. The van der Waals surface area contributed by atoms with E-state index in [1.807, 2.05) is 24.3 Å². The number of benzene rings is 3. The van der Waals surface area contributed by atoms with Gasteiger partial charge in [-0.2, -0.15) is 0 Å². The van der Waals surface area contributed by atoms with Gasteiger partial charge in [0.1, 0.15) is 11.6 Å². The Labute approximate surface area is 149 Å². The summed E-state index contributed by atoms with van der Waals surface area (Å²) >= 11 is 0. The molecule has 1 nitrogen and oxygen atoms in total. The number of hydrogen-bond acceptors (Lipinski definition) is 1. The standard InChI is InChI=1S/C23H14F2O/c24-17-9-5-15(6-10-17)13-21-19-3-1-2-4-20(19)22(23(21)26)14-16-7-11-18(25)12-8-16/h1-14H. The van der Waals surface area contributed by atoms with E-state index in [1.165, 1.54) is 24.3 Å². The lowest BCUT2D eigenvalue weighted by atomic mass is 10.0. The van der Waals surface area contributed by atoms with Crippen molar-refractivity contribution >= 4 is 29.1 Å². The second-order valence-corrected chi connectivity index (χ2v) is 6.09. The summed E-state index contributed by atoms with van der Waals surface area (Å²) in [4.78, 5) is 13.0. The molecule has 0 unspecified atom stereocenters. The van der Waals surface area contributed by atoms with Crippen LogP contribution in [-0.2, 0) is 4.79 Å². The van der Waals surface area contributed by atoms with Crippen molar-refractivity contribution in [1.82, 2.24) is 0 Å². The average molecular weight is 344 g/mol. The van der Waals surface area contributed by atoms with Crippen LogP contribution >= 0.6 is 0 Å². The fraction of sp³-hybridized carbons (Fsp3) is 0. The maximum Gasteiger partial charge on any atom is 0.194 e. The molecule has 4 rings (SSSR count). The van der Waals surface area contributed by atoms with Crippen LogP contribution in [0.4, 0.5) is 8.78 Å². The van der Waals surface area contributed by atoms with Crippen LogP contribution in [0.3, 0.4) is 0 Å². The molecule has 0 N–H and O–H groups in total. The van der Waals surface area contributed by atoms with Gasteiger partial charge in [0.05, 0.1) is 0 Å². The molecule has 3 heteroatoms. The summed E-state index contributed by atoms with van der Waals surface area (Å²) in [7, 11) is 0. The Bertz CT molecular complexity index is 958. The van der Waals surface area contributed by atoms with Gasteiger partial charge < -0.3 is 0 Å². The van der Waals surface area contributed by atoms with Gasteiger partial charge in [-0.25, -0.2) is 8.78 Å². The SMILES string of the molecule is O=C1C(=Cc2ccc(F)cc2)c2ccccc2C1=Cc1ccc(F)cc1. The van der Waals surface area contributed by atoms with Gasteiger partial charge in [0.2, 0.25) is 0 Å². The minimum absolute atomic E-state index is 0.0974. The van der Waals surface area contributed by atoms with E-state index in [9.17, 15) is 13.6 Å². The predicted octanol–water partition coefficient (Wildman–Crippen LogP) is 5.63. The van der Waals surface area contributed by atoms with E-state index in [-0.39, 0.29) is 17.4 Å². The van der Waals surface area contributed by atoms with Gasteiger partial charge in [-0.3, -0.25) is 4.79 Å². The highest BCUT2D eigenvalue weighted by molar-refractivity contribution is 6.51. The highest BCUT2D eigenvalue weighted by atomic mass is 19.1. The second-order valence-electron chi connectivity index (χ2n) is 6.09. The first kappa shape index (κ1) is 16.2. The molecule has 0 radical (unpaired) electrons. The predicted molar refractivity (Wildman–Crippen MR) is 100.0 cm³/mol. The number of hydrogen-bond donors (Lipinski definition) is 0. The van der Waals surface area contributed by atoms with Crippen LogP contribution < -0.4 is 0 Å². The molecule has 3 aromatic carbocycles. The normalized spacial score (nSPS) is 16.3. The number of carbonyl (C=O) groups excluding carboxylic acids is 1. The number of carbonyl (C=O) groups is 1. The van der Waals surface area contributed by atoms with E-state index in [4.69, 9.17) is 0 Å². The van der Waals surface area contributed by atoms with Crippen molar-refractivity contribution in [3.8, 4) is 0 Å². The Morgan fingerprint density at radius 1 is 0.577 bits per heavy atom. The first-order chi connectivity index (χ1) is 12.6. The van der Waals surface area contributed by atoms with Crippen LogP contribution in [0.1, 0.15) is 22.3 Å². The molecule has 0 aromatic heterocycles. The summed E-state index contributed by atoms with van der Waals surface area (Å²) in [6, 6.07) is 19.6. The molecule has 0 atom stereocenters. The minimum Gasteiger partial charge on any atom is -0.289 e. The van der Waals surface area contributed by atoms with Crippen molar-refractivity contribution in [1.29, 1.82) is 0 Å². The molecule has 0 saturated heterocycles. The molecule has 3 aromatic rings. The zero-order valence-corrected chi connectivity index (χ0v) is 13.7. The molecule has 0 saturated carbocycles. The Balaban J connectivity index is 1.82. The van der Waals surface area contributed by atoms with Crippen LogP contribution in [0.5, 0.6) is 0 Å². The van der Waals surface area contributed by atoms with Gasteiger partial charge >= 0.3 is 0 Å². The first-order valence-corrected chi connectivity index (χ1v) is 8.21. The van der Waals surface area contributed by atoms with Crippen LogP contribution in [0, 0.1) is 11.6 Å². The fourth-order valence-corrected chi connectivity index (χ4v) is 3.08. The van der Waals surface area contributed by atoms with Crippen molar-refractivity contribution in [2.24, 2.45) is 0 Å². The zero-order chi connectivity index (χ0) is 18.1. The molecule has 26 heavy (non-hydrogen) atoms. The van der Waals surface area contributed by atoms with Crippen LogP contribution in [-0.4, -0.2) is 5.78 Å². The molecular weight excluding hydrogens is 330 g/mol. The first-order valence-electron chi connectivity index (χ1n) is 8.21. The van der Waals surface area contributed by atoms with Gasteiger partial charge in [0.15, 0.2) is 5.78 Å². The molecule has 0 amide bonds. The molecule has 0 bridgehead atoms. The number of Topliss-reactive ketones (excluding diaryl/α,β-unsaturated/α-hetero) is 1. The Morgan fingerprint density at radius 3 is 1.35 bits per heavy atom. The summed E-state index contributed by atoms with van der Waals surface area (Å²) in [5.74, 6) is -0.732. The number of halogens is 2. The third kappa shape index (κ3) is 3.00. The molecular formula is C23H14F2O. The van der Waals surface area contributed by atoms with Crippen molar-refractivity contribution in [2.75, 3.05) is 0 Å². The summed E-state index contributed by atoms with van der Waals surface area (Å²) in [5.41, 5.74) is 4.34. The monoisotopic (exact) mass is 344 g/mol. The second kappa shape index (κ2) is 6.52. The molecule has 126 valence electrons. The van der Waals surface area contributed by atoms with Gasteiger partial charge in [-0.15, -0.1) is 0 Å². The Kier molecular flexibility index (Phi) is 4.05. The van der Waals surface area contributed by atoms with E-state index in [0.29, 0.717) is 11.1 Å². The van der Waals surface area contributed by atoms with Gasteiger partial charge in [0, 0.05) is 11.1 Å². The summed E-state index contributed by atoms with van der Waals surface area (Å²) in [6.07, 6.45) is 3.54. The highest BCUT2D eigenvalue weighted by Gasteiger charge is 2.29.